The smallest absolute Gasteiger partial charge is 0.408 e. The van der Waals surface area contributed by atoms with E-state index in [1.165, 1.54) is 0 Å². The number of anilines is 1. The van der Waals surface area contributed by atoms with Gasteiger partial charge in [0.05, 0.1) is 11.2 Å². The summed E-state index contributed by atoms with van der Waals surface area (Å²) in [7, 11) is 0. The lowest BCUT2D eigenvalue weighted by molar-refractivity contribution is 0.0442. The summed E-state index contributed by atoms with van der Waals surface area (Å²) in [6.07, 6.45) is 6.91. The van der Waals surface area contributed by atoms with Crippen molar-refractivity contribution in [2.45, 2.75) is 70.4 Å². The van der Waals surface area contributed by atoms with Crippen molar-refractivity contribution in [1.29, 1.82) is 0 Å². The largest absolute Gasteiger partial charge is 0.444 e. The van der Waals surface area contributed by atoms with E-state index in [4.69, 9.17) is 16.3 Å². The molecule has 1 aromatic rings. The third-order valence-corrected chi connectivity index (χ3v) is 4.72. The lowest BCUT2D eigenvalue weighted by Gasteiger charge is -2.35. The summed E-state index contributed by atoms with van der Waals surface area (Å²) < 4.78 is 5.42. The fourth-order valence-corrected chi connectivity index (χ4v) is 3.33. The summed E-state index contributed by atoms with van der Waals surface area (Å²) in [5.74, 6) is 0. The lowest BCUT2D eigenvalue weighted by Crippen LogP contribution is -2.56. The summed E-state index contributed by atoms with van der Waals surface area (Å²) in [4.78, 5) is 28.6. The third kappa shape index (κ3) is 7.25. The molecule has 2 rings (SSSR count). The predicted octanol–water partition coefficient (Wildman–Crippen LogP) is 4.47. The monoisotopic (exact) mass is 396 g/mol. The number of halogens is 1. The van der Waals surface area contributed by atoms with E-state index >= 15 is 0 Å². The molecule has 0 unspecified atom stereocenters. The van der Waals surface area contributed by atoms with Crippen LogP contribution in [-0.2, 0) is 4.74 Å². The van der Waals surface area contributed by atoms with Gasteiger partial charge in [0, 0.05) is 12.7 Å². The van der Waals surface area contributed by atoms with Crippen molar-refractivity contribution in [2.24, 2.45) is 0 Å². The molecular formula is C19H29ClN4O3. The maximum atomic E-state index is 12.3. The topological polar surface area (TPSA) is 92.4 Å². The molecule has 0 radical (unpaired) electrons. The van der Waals surface area contributed by atoms with E-state index in [2.05, 4.69) is 20.9 Å². The fourth-order valence-electron chi connectivity index (χ4n) is 3.17. The van der Waals surface area contributed by atoms with Crippen LogP contribution in [-0.4, -0.2) is 34.8 Å². The minimum absolute atomic E-state index is 0.226. The van der Waals surface area contributed by atoms with Crippen LogP contribution in [0.1, 0.15) is 59.3 Å². The Hall–Kier alpha value is -2.02. The molecular weight excluding hydrogens is 368 g/mol. The number of nitrogens with one attached hydrogen (secondary N) is 3. The van der Waals surface area contributed by atoms with E-state index < -0.39 is 17.2 Å². The van der Waals surface area contributed by atoms with E-state index in [1.807, 2.05) is 20.8 Å². The molecule has 1 aromatic heterocycles. The van der Waals surface area contributed by atoms with Crippen molar-refractivity contribution in [3.05, 3.63) is 23.5 Å². The second kappa shape index (κ2) is 9.26. The quantitative estimate of drug-likeness (QED) is 0.517. The lowest BCUT2D eigenvalue weighted by atomic mass is 9.90. The molecule has 1 heterocycles. The second-order valence-corrected chi connectivity index (χ2v) is 8.33. The van der Waals surface area contributed by atoms with E-state index in [9.17, 15) is 9.59 Å². The molecule has 8 heteroatoms. The maximum Gasteiger partial charge on any atom is 0.408 e. The molecule has 0 aliphatic heterocycles. The first-order chi connectivity index (χ1) is 12.7. The van der Waals surface area contributed by atoms with E-state index in [1.54, 1.807) is 18.3 Å². The Kier molecular flexibility index (Phi) is 7.30. The normalized spacial score (nSPS) is 16.7. The summed E-state index contributed by atoms with van der Waals surface area (Å²) in [6, 6.07) is 2.98. The van der Waals surface area contributed by atoms with Crippen LogP contribution in [0, 0.1) is 0 Å². The summed E-state index contributed by atoms with van der Waals surface area (Å²) in [5.41, 5.74) is -0.654. The number of hydrogen-bond donors (Lipinski definition) is 3. The first-order valence-electron chi connectivity index (χ1n) is 9.36. The number of urea groups is 1. The number of alkyl carbamates (subject to hydrolysis) is 1. The molecule has 0 saturated heterocycles. The number of aromatic nitrogens is 1. The first-order valence-corrected chi connectivity index (χ1v) is 9.73. The number of hydrogen-bond acceptors (Lipinski definition) is 4. The van der Waals surface area contributed by atoms with Gasteiger partial charge in [-0.2, -0.15) is 0 Å². The highest BCUT2D eigenvalue weighted by Crippen LogP contribution is 2.27. The maximum absolute atomic E-state index is 12.3. The van der Waals surface area contributed by atoms with E-state index in [0.717, 1.165) is 38.5 Å². The highest BCUT2D eigenvalue weighted by atomic mass is 35.5. The Morgan fingerprint density at radius 2 is 1.89 bits per heavy atom. The van der Waals surface area contributed by atoms with Crippen LogP contribution >= 0.6 is 11.6 Å². The standard InChI is InChI=1S/C19H29ClN4O3/c1-18(2,3)27-17(26)24-19(10-6-4-5-7-11-19)13-22-16(25)23-14-9-8-12-21-15(14)20/h8-9,12H,4-7,10-11,13H2,1-3H3,(H,24,26)(H2,22,23,25). The van der Waals surface area contributed by atoms with E-state index in [0.29, 0.717) is 12.2 Å². The minimum atomic E-state index is -0.572. The average Bonchev–Trinajstić information content (AvgIpc) is 2.79. The van der Waals surface area contributed by atoms with Gasteiger partial charge in [-0.25, -0.2) is 14.6 Å². The summed E-state index contributed by atoms with van der Waals surface area (Å²) >= 11 is 5.97. The first kappa shape index (κ1) is 21.3. The van der Waals surface area contributed by atoms with Crippen molar-refractivity contribution in [1.82, 2.24) is 15.6 Å². The summed E-state index contributed by atoms with van der Waals surface area (Å²) in [6.45, 7) is 5.80. The van der Waals surface area contributed by atoms with Crippen molar-refractivity contribution in [2.75, 3.05) is 11.9 Å². The Morgan fingerprint density at radius 3 is 2.48 bits per heavy atom. The van der Waals surface area contributed by atoms with Crippen LogP contribution in [0.4, 0.5) is 15.3 Å². The number of ether oxygens (including phenoxy) is 1. The minimum Gasteiger partial charge on any atom is -0.444 e. The molecule has 1 fully saturated rings. The van der Waals surface area contributed by atoms with Crippen LogP contribution in [0.3, 0.4) is 0 Å². The average molecular weight is 397 g/mol. The van der Waals surface area contributed by atoms with Gasteiger partial charge in [-0.15, -0.1) is 0 Å². The third-order valence-electron chi connectivity index (χ3n) is 4.42. The van der Waals surface area contributed by atoms with Gasteiger partial charge in [-0.1, -0.05) is 37.3 Å². The molecule has 3 N–H and O–H groups in total. The molecule has 150 valence electrons. The number of rotatable bonds is 4. The van der Waals surface area contributed by atoms with Crippen molar-refractivity contribution in [3.8, 4) is 0 Å². The van der Waals surface area contributed by atoms with Crippen molar-refractivity contribution in [3.63, 3.8) is 0 Å². The molecule has 0 bridgehead atoms. The van der Waals surface area contributed by atoms with Gasteiger partial charge in [0.25, 0.3) is 0 Å². The molecule has 1 saturated carbocycles. The molecule has 1 aliphatic rings. The Morgan fingerprint density at radius 1 is 1.22 bits per heavy atom. The number of nitrogens with zero attached hydrogens (tertiary/aromatic N) is 1. The van der Waals surface area contributed by atoms with Gasteiger partial charge in [-0.3, -0.25) is 0 Å². The van der Waals surface area contributed by atoms with E-state index in [-0.39, 0.29) is 11.2 Å². The van der Waals surface area contributed by atoms with Gasteiger partial charge >= 0.3 is 12.1 Å². The summed E-state index contributed by atoms with van der Waals surface area (Å²) in [5, 5.41) is 8.79. The fraction of sp³-hybridized carbons (Fsp3) is 0.632. The zero-order chi connectivity index (χ0) is 19.9. The van der Waals surface area contributed by atoms with Crippen LogP contribution in [0.15, 0.2) is 18.3 Å². The predicted molar refractivity (Wildman–Crippen MR) is 106 cm³/mol. The van der Waals surface area contributed by atoms with Crippen LogP contribution < -0.4 is 16.0 Å². The Bertz CT molecular complexity index is 653. The van der Waals surface area contributed by atoms with Crippen LogP contribution in [0.25, 0.3) is 0 Å². The van der Waals surface area contributed by atoms with Crippen molar-refractivity contribution < 1.29 is 14.3 Å². The molecule has 0 aromatic carbocycles. The zero-order valence-corrected chi connectivity index (χ0v) is 17.0. The number of carbonyl (C=O) groups excluding carboxylic acids is 2. The number of amides is 3. The molecule has 27 heavy (non-hydrogen) atoms. The molecule has 1 aliphatic carbocycles. The molecule has 0 atom stereocenters. The second-order valence-electron chi connectivity index (χ2n) is 7.97. The Labute approximate surface area is 165 Å². The van der Waals surface area contributed by atoms with Gasteiger partial charge in [0.2, 0.25) is 0 Å². The SMILES string of the molecule is CC(C)(C)OC(=O)NC1(CNC(=O)Nc2cccnc2Cl)CCCCCC1. The molecule has 7 nitrogen and oxygen atoms in total. The van der Waals surface area contributed by atoms with Crippen LogP contribution in [0.2, 0.25) is 5.15 Å². The Balaban J connectivity index is 2.00. The highest BCUT2D eigenvalue weighted by Gasteiger charge is 2.34. The van der Waals surface area contributed by atoms with Gasteiger partial charge in [0.1, 0.15) is 5.60 Å². The van der Waals surface area contributed by atoms with Gasteiger partial charge in [0.15, 0.2) is 5.15 Å². The number of pyridine rings is 1. The molecule has 0 spiro atoms. The van der Waals surface area contributed by atoms with Crippen LogP contribution in [0.5, 0.6) is 0 Å². The van der Waals surface area contributed by atoms with Gasteiger partial charge < -0.3 is 20.7 Å². The number of carbonyl (C=O) groups is 2. The molecule has 3 amide bonds. The van der Waals surface area contributed by atoms with Gasteiger partial charge in [-0.05, 0) is 45.7 Å². The zero-order valence-electron chi connectivity index (χ0n) is 16.2. The van der Waals surface area contributed by atoms with Crippen molar-refractivity contribution >= 4 is 29.4 Å². The highest BCUT2D eigenvalue weighted by molar-refractivity contribution is 6.32.